The third-order valence-corrected chi connectivity index (χ3v) is 16.6. The summed E-state index contributed by atoms with van der Waals surface area (Å²) in [6.45, 7) is 4.13. The lowest BCUT2D eigenvalue weighted by molar-refractivity contribution is -0.154. The van der Waals surface area contributed by atoms with Gasteiger partial charge in [-0.25, -0.2) is 0 Å². The number of ether oxygens (including phenoxy) is 5. The lowest BCUT2D eigenvalue weighted by atomic mass is 9.72. The molecule has 3 rings (SSSR count). The zero-order chi connectivity index (χ0) is 59.3. The average molecular weight is 1180 g/mol. The van der Waals surface area contributed by atoms with Crippen LogP contribution in [0.5, 0.6) is 0 Å². The molecule has 0 radical (unpaired) electrons. The minimum Gasteiger partial charge on any atom is -0.379 e. The Morgan fingerprint density at radius 1 is 0.662 bits per heavy atom. The molecule has 1 aromatic carbocycles. The van der Waals surface area contributed by atoms with E-state index >= 15 is 0 Å². The van der Waals surface area contributed by atoms with Gasteiger partial charge in [-0.3, -0.25) is 72.0 Å². The van der Waals surface area contributed by atoms with E-state index in [0.717, 1.165) is 64.6 Å². The zero-order valence-corrected chi connectivity index (χ0v) is 48.1. The molecule has 1 unspecified atom stereocenters. The van der Waals surface area contributed by atoms with E-state index in [1.807, 2.05) is 0 Å². The highest BCUT2D eigenvalue weighted by atomic mass is 33.2. The Bertz CT molecular complexity index is 2370. The minimum atomic E-state index is -2.31. The van der Waals surface area contributed by atoms with E-state index in [1.54, 1.807) is 24.3 Å². The van der Waals surface area contributed by atoms with Gasteiger partial charge in [-0.05, 0) is 51.8 Å². The second-order valence-electron chi connectivity index (χ2n) is 18.3. The third-order valence-electron chi connectivity index (χ3n) is 12.4. The normalized spacial score (nSPS) is 14.9. The van der Waals surface area contributed by atoms with Crippen LogP contribution in [-0.2, 0) is 97.2 Å². The Labute approximate surface area is 475 Å². The summed E-state index contributed by atoms with van der Waals surface area (Å²) in [4.78, 5) is 175. The Morgan fingerprint density at radius 3 is 1.82 bits per heavy atom. The summed E-state index contributed by atoms with van der Waals surface area (Å²) in [6.07, 6.45) is -0.152. The van der Waals surface area contributed by atoms with E-state index < -0.39 is 86.5 Å². The van der Waals surface area contributed by atoms with E-state index in [2.05, 4.69) is 26.6 Å². The summed E-state index contributed by atoms with van der Waals surface area (Å²) in [6, 6.07) is 6.77. The predicted octanol–water partition coefficient (Wildman–Crippen LogP) is 0.304. The maximum atomic E-state index is 13.4. The van der Waals surface area contributed by atoms with Gasteiger partial charge < -0.3 is 50.3 Å². The van der Waals surface area contributed by atoms with E-state index in [9.17, 15) is 67.1 Å². The number of nitrogens with one attached hydrogen (secondary N) is 5. The summed E-state index contributed by atoms with van der Waals surface area (Å²) in [7, 11) is 3.80. The number of hydrogen-bond donors (Lipinski definition) is 5. The summed E-state index contributed by atoms with van der Waals surface area (Å²) in [5.41, 5.74) is -1.03. The number of benzene rings is 1. The van der Waals surface area contributed by atoms with Gasteiger partial charge in [0.05, 0.1) is 64.0 Å². The van der Waals surface area contributed by atoms with E-state index in [-0.39, 0.29) is 159 Å². The molecule has 2 atom stereocenters. The van der Waals surface area contributed by atoms with Crippen LogP contribution >= 0.6 is 33.3 Å². The van der Waals surface area contributed by atoms with Gasteiger partial charge in [0.1, 0.15) is 19.0 Å². The quantitative estimate of drug-likeness (QED) is 0.0193. The number of rotatable bonds is 44. The van der Waals surface area contributed by atoms with E-state index in [0.29, 0.717) is 12.1 Å². The second-order valence-corrected chi connectivity index (χ2v) is 22.4. The standard InChI is InChI=1S/C52H72N6O19S3/c1-33(59)51(34(2)60,35(3)61)42(64)14-19-73-21-23-75-25-26-76-24-22-74-20-17-55-49(71)38(28-40(63)15-27-78-41-29-48(70)58(50(41)72)18-13-43(65)52(36(4)62)79-80-52)30-56-46(68)31-77-32-47(69)57-39-9-6-37(7-10-39)8-11-45(67)54-16-12-44(66)53-5/h6-7,9-10,38,41H,8,11-32H2,1-5H3,(H,53,66)(H,54,67)(H,55,71)(H,56,68)(H,57,69)/t38-,41?/m1/s1. The molecule has 2 aliphatic heterocycles. The number of nitrogens with zero attached hydrogens (tertiary/aromatic N) is 1. The Kier molecular flexibility index (Phi) is 30.7. The van der Waals surface area contributed by atoms with Crippen molar-refractivity contribution in [3.05, 3.63) is 29.8 Å². The van der Waals surface area contributed by atoms with Crippen LogP contribution in [0.4, 0.5) is 5.69 Å². The summed E-state index contributed by atoms with van der Waals surface area (Å²) >= 11 is 1.10. The number of anilines is 1. The third kappa shape index (κ3) is 23.0. The monoisotopic (exact) mass is 1180 g/mol. The molecule has 5 N–H and O–H groups in total. The highest BCUT2D eigenvalue weighted by Gasteiger charge is 2.57. The average Bonchev–Trinajstić information content (AvgIpc) is 4.34. The lowest BCUT2D eigenvalue weighted by Gasteiger charge is -2.23. The topological polar surface area (TPSA) is 349 Å². The maximum Gasteiger partial charge on any atom is 0.250 e. The number of imide groups is 1. The molecule has 0 aromatic heterocycles. The van der Waals surface area contributed by atoms with E-state index in [1.165, 1.54) is 14.0 Å². The van der Waals surface area contributed by atoms with Crippen molar-refractivity contribution < 1.29 is 90.8 Å². The molecule has 0 saturated carbocycles. The molecule has 2 heterocycles. The van der Waals surface area contributed by atoms with Crippen LogP contribution in [0.2, 0.25) is 0 Å². The van der Waals surface area contributed by atoms with Gasteiger partial charge in [0.15, 0.2) is 38.8 Å². The van der Waals surface area contributed by atoms with Crippen molar-refractivity contribution in [1.82, 2.24) is 26.2 Å². The van der Waals surface area contributed by atoms with Crippen molar-refractivity contribution in [3.8, 4) is 0 Å². The molecule has 0 aliphatic carbocycles. The fourth-order valence-electron chi connectivity index (χ4n) is 7.89. The van der Waals surface area contributed by atoms with E-state index in [4.69, 9.17) is 23.7 Å². The van der Waals surface area contributed by atoms with Gasteiger partial charge in [0.2, 0.25) is 46.8 Å². The molecule has 2 fully saturated rings. The number of likely N-dealkylation sites (tertiary alicyclic amines) is 1. The molecule has 28 heteroatoms. The number of amides is 7. The smallest absolute Gasteiger partial charge is 0.250 e. The van der Waals surface area contributed by atoms with Crippen LogP contribution in [0.15, 0.2) is 24.3 Å². The number of carbonyl (C=O) groups excluding carboxylic acids is 14. The van der Waals surface area contributed by atoms with Crippen LogP contribution in [0.3, 0.4) is 0 Å². The van der Waals surface area contributed by atoms with Crippen molar-refractivity contribution in [2.45, 2.75) is 88.4 Å². The molecule has 7 amide bonds. The number of Topliss-reactive ketones (excluding diaryl/α,β-unsaturated/α-hetero) is 7. The SMILES string of the molecule is CNC(=O)CCNC(=O)CCc1ccc(NC(=O)COCC(=O)NC[C@@H](CC(=O)CCSC2CC(=O)N(CCC(=O)C3(C(C)=O)SS3)C2=O)C(=O)NCCOCCOCCOCCOCCC(=O)C(C(C)=O)(C(C)=O)C(C)=O)cc1. The number of ketones is 7. The molecule has 0 spiro atoms. The number of carbonyl (C=O) groups is 14. The van der Waals surface area contributed by atoms with Crippen LogP contribution in [0.25, 0.3) is 0 Å². The van der Waals surface area contributed by atoms with Gasteiger partial charge in [-0.15, -0.1) is 11.8 Å². The highest BCUT2D eigenvalue weighted by Crippen LogP contribution is 2.66. The summed E-state index contributed by atoms with van der Waals surface area (Å²) in [5.74, 6) is -8.39. The Balaban J connectivity index is 1.39. The van der Waals surface area contributed by atoms with Crippen molar-refractivity contribution in [3.63, 3.8) is 0 Å². The summed E-state index contributed by atoms with van der Waals surface area (Å²) in [5, 5.41) is 12.3. The molecule has 2 saturated heterocycles. The maximum absolute atomic E-state index is 13.4. The Morgan fingerprint density at radius 2 is 1.25 bits per heavy atom. The predicted molar refractivity (Wildman–Crippen MR) is 293 cm³/mol. The first kappa shape index (κ1) is 68.5. The molecule has 80 heavy (non-hydrogen) atoms. The van der Waals surface area contributed by atoms with Crippen LogP contribution in [0, 0.1) is 11.3 Å². The minimum absolute atomic E-state index is 0.0359. The van der Waals surface area contributed by atoms with Gasteiger partial charge >= 0.3 is 0 Å². The number of thioether (sulfide) groups is 1. The molecular weight excluding hydrogens is 1110 g/mol. The molecule has 25 nitrogen and oxygen atoms in total. The van der Waals surface area contributed by atoms with Crippen molar-refractivity contribution in [2.75, 3.05) is 110 Å². The molecule has 442 valence electrons. The Hall–Kier alpha value is -5.75. The highest BCUT2D eigenvalue weighted by molar-refractivity contribution is 8.94. The first-order valence-electron chi connectivity index (χ1n) is 25.8. The van der Waals surface area contributed by atoms with Crippen LogP contribution in [0.1, 0.15) is 78.2 Å². The number of aryl methyl sites for hydroxylation is 1. The fourth-order valence-corrected chi connectivity index (χ4v) is 11.3. The van der Waals surface area contributed by atoms with Crippen LogP contribution in [-0.4, -0.2) is 201 Å². The zero-order valence-electron chi connectivity index (χ0n) is 45.7. The summed E-state index contributed by atoms with van der Waals surface area (Å²) < 4.78 is 25.9. The van der Waals surface area contributed by atoms with Gasteiger partial charge in [0, 0.05) is 89.6 Å². The van der Waals surface area contributed by atoms with Gasteiger partial charge in [0.25, 0.3) is 0 Å². The van der Waals surface area contributed by atoms with Gasteiger partial charge in [-0.1, -0.05) is 33.7 Å². The number of hydrogen-bond acceptors (Lipinski definition) is 22. The first-order valence-corrected chi connectivity index (χ1v) is 29.0. The second kappa shape index (κ2) is 35.9. The first-order chi connectivity index (χ1) is 38.1. The largest absolute Gasteiger partial charge is 0.379 e. The van der Waals surface area contributed by atoms with Crippen molar-refractivity contribution >= 4 is 121 Å². The van der Waals surface area contributed by atoms with Crippen molar-refractivity contribution in [2.24, 2.45) is 11.3 Å². The molecule has 2 aliphatic rings. The van der Waals surface area contributed by atoms with Crippen molar-refractivity contribution in [1.29, 1.82) is 0 Å². The molecular formula is C52H72N6O19S3. The molecule has 1 aromatic rings. The fraction of sp³-hybridized carbons (Fsp3) is 0.615. The van der Waals surface area contributed by atoms with Crippen LogP contribution < -0.4 is 26.6 Å². The molecule has 0 bridgehead atoms. The lowest BCUT2D eigenvalue weighted by Crippen LogP contribution is -2.50. The van der Waals surface area contributed by atoms with Gasteiger partial charge in [-0.2, -0.15) is 0 Å².